The van der Waals surface area contributed by atoms with Crippen LogP contribution in [0.3, 0.4) is 0 Å². The average Bonchev–Trinajstić information content (AvgIpc) is 3.25. The Morgan fingerprint density at radius 3 is 2.50 bits per heavy atom. The first-order valence-electron chi connectivity index (χ1n) is 11.9. The molecule has 0 spiro atoms. The summed E-state index contributed by atoms with van der Waals surface area (Å²) in [4.78, 5) is 37.0. The summed E-state index contributed by atoms with van der Waals surface area (Å²) in [6, 6.07) is 1.88. The Morgan fingerprint density at radius 2 is 1.86 bits per heavy atom. The van der Waals surface area contributed by atoms with Gasteiger partial charge in [-0.25, -0.2) is 9.18 Å². The number of rotatable bonds is 5. The second kappa shape index (κ2) is 9.82. The summed E-state index contributed by atoms with van der Waals surface area (Å²) in [5.41, 5.74) is -0.301. The molecule has 3 atom stereocenters. The van der Waals surface area contributed by atoms with Crippen LogP contribution in [0.4, 0.5) is 4.39 Å². The van der Waals surface area contributed by atoms with Gasteiger partial charge in [0.25, 0.3) is 5.56 Å². The zero-order chi connectivity index (χ0) is 26.4. The fourth-order valence-electron chi connectivity index (χ4n) is 4.27. The number of carbonyl (C=O) groups excluding carboxylic acids is 1. The molecule has 9 nitrogen and oxygen atoms in total. The van der Waals surface area contributed by atoms with Crippen molar-refractivity contribution in [2.75, 3.05) is 6.61 Å². The SMILES string of the molecule is CC(C)(C)c1cc(C(C)(C)C)c2c(c1F)COP(OCC1CCC(n3cc(C=O)c(=O)[nH]c3=O)O1)O2. The normalized spacial score (nSPS) is 22.2. The molecule has 2 aliphatic heterocycles. The van der Waals surface area contributed by atoms with E-state index in [4.69, 9.17) is 18.3 Å². The van der Waals surface area contributed by atoms with E-state index in [1.807, 2.05) is 26.8 Å². The largest absolute Gasteiger partial charge is 0.426 e. The van der Waals surface area contributed by atoms with Crippen LogP contribution in [0.15, 0.2) is 21.9 Å². The molecule has 1 saturated heterocycles. The van der Waals surface area contributed by atoms with Gasteiger partial charge in [0.15, 0.2) is 6.29 Å². The Balaban J connectivity index is 1.47. The number of aromatic nitrogens is 2. The van der Waals surface area contributed by atoms with E-state index in [-0.39, 0.29) is 41.5 Å². The third-order valence-corrected chi connectivity index (χ3v) is 7.32. The minimum absolute atomic E-state index is 0.0370. The Hall–Kier alpha value is -2.39. The lowest BCUT2D eigenvalue weighted by Crippen LogP contribution is -2.34. The summed E-state index contributed by atoms with van der Waals surface area (Å²) in [6.07, 6.45) is 1.68. The van der Waals surface area contributed by atoms with Crippen molar-refractivity contribution in [2.45, 2.75) is 84.2 Å². The molecule has 2 aliphatic rings. The molecular formula is C25H32FN2O7P. The van der Waals surface area contributed by atoms with Crippen LogP contribution in [0.5, 0.6) is 5.75 Å². The molecule has 36 heavy (non-hydrogen) atoms. The number of ether oxygens (including phenoxy) is 1. The van der Waals surface area contributed by atoms with Gasteiger partial charge in [0, 0.05) is 11.8 Å². The maximum Gasteiger partial charge on any atom is 0.397 e. The zero-order valence-electron chi connectivity index (χ0n) is 21.3. The molecule has 1 aromatic heterocycles. The predicted octanol–water partition coefficient (Wildman–Crippen LogP) is 4.61. The highest BCUT2D eigenvalue weighted by molar-refractivity contribution is 7.42. The van der Waals surface area contributed by atoms with Gasteiger partial charge in [-0.05, 0) is 35.3 Å². The second-order valence-electron chi connectivity index (χ2n) is 11.1. The first-order valence-corrected chi connectivity index (χ1v) is 13.0. The lowest BCUT2D eigenvalue weighted by molar-refractivity contribution is -0.0230. The molecule has 11 heteroatoms. The van der Waals surface area contributed by atoms with Crippen LogP contribution in [0, 0.1) is 5.82 Å². The second-order valence-corrected chi connectivity index (χ2v) is 12.3. The summed E-state index contributed by atoms with van der Waals surface area (Å²) in [5, 5.41) is 0. The fraction of sp³-hybridized carbons (Fsp3) is 0.560. The molecule has 0 radical (unpaired) electrons. The third kappa shape index (κ3) is 5.32. The summed E-state index contributed by atoms with van der Waals surface area (Å²) in [6.45, 7) is 12.3. The minimum Gasteiger partial charge on any atom is -0.426 e. The number of nitrogens with zero attached hydrogens (tertiary/aromatic N) is 1. The number of aldehydes is 1. The number of nitrogens with one attached hydrogen (secondary N) is 1. The topological polar surface area (TPSA) is 109 Å². The molecule has 0 amide bonds. The maximum absolute atomic E-state index is 15.4. The molecule has 1 fully saturated rings. The number of carbonyl (C=O) groups is 1. The van der Waals surface area contributed by atoms with Crippen LogP contribution >= 0.6 is 8.60 Å². The van der Waals surface area contributed by atoms with Crippen LogP contribution in [0.1, 0.15) is 87.7 Å². The highest BCUT2D eigenvalue weighted by atomic mass is 31.2. The number of hydrogen-bond acceptors (Lipinski definition) is 7. The van der Waals surface area contributed by atoms with Crippen molar-refractivity contribution in [3.8, 4) is 5.75 Å². The van der Waals surface area contributed by atoms with Crippen LogP contribution in [0.25, 0.3) is 0 Å². The number of halogens is 1. The minimum atomic E-state index is -1.78. The Morgan fingerprint density at radius 1 is 1.17 bits per heavy atom. The smallest absolute Gasteiger partial charge is 0.397 e. The van der Waals surface area contributed by atoms with E-state index in [1.165, 1.54) is 10.8 Å². The highest BCUT2D eigenvalue weighted by Gasteiger charge is 2.36. The summed E-state index contributed by atoms with van der Waals surface area (Å²) in [5.74, 6) is 0.153. The van der Waals surface area contributed by atoms with Crippen molar-refractivity contribution < 1.29 is 27.5 Å². The third-order valence-electron chi connectivity index (χ3n) is 6.29. The van der Waals surface area contributed by atoms with Gasteiger partial charge < -0.3 is 9.26 Å². The Labute approximate surface area is 209 Å². The lowest BCUT2D eigenvalue weighted by Gasteiger charge is -2.33. The predicted molar refractivity (Wildman–Crippen MR) is 132 cm³/mol. The summed E-state index contributed by atoms with van der Waals surface area (Å²) < 4.78 is 40.2. The molecular weight excluding hydrogens is 490 g/mol. The van der Waals surface area contributed by atoms with Crippen LogP contribution in [-0.4, -0.2) is 28.5 Å². The van der Waals surface area contributed by atoms with E-state index in [2.05, 4.69) is 25.8 Å². The van der Waals surface area contributed by atoms with Gasteiger partial charge in [0.2, 0.25) is 0 Å². The van der Waals surface area contributed by atoms with E-state index < -0.39 is 26.1 Å². The van der Waals surface area contributed by atoms with Gasteiger partial charge in [-0.2, -0.15) is 0 Å². The van der Waals surface area contributed by atoms with Gasteiger partial charge in [-0.1, -0.05) is 41.5 Å². The van der Waals surface area contributed by atoms with E-state index in [9.17, 15) is 14.4 Å². The van der Waals surface area contributed by atoms with Gasteiger partial charge in [-0.15, -0.1) is 0 Å². The number of aromatic amines is 1. The van der Waals surface area contributed by atoms with Crippen molar-refractivity contribution in [3.05, 3.63) is 61.2 Å². The molecule has 1 N–H and O–H groups in total. The Kier molecular flexibility index (Phi) is 7.27. The molecule has 0 bridgehead atoms. The number of fused-ring (bicyclic) bond motifs is 1. The zero-order valence-corrected chi connectivity index (χ0v) is 22.2. The summed E-state index contributed by atoms with van der Waals surface area (Å²) >= 11 is 0. The van der Waals surface area contributed by atoms with Crippen molar-refractivity contribution >= 4 is 14.9 Å². The number of hydrogen-bond donors (Lipinski definition) is 1. The summed E-state index contributed by atoms with van der Waals surface area (Å²) in [7, 11) is -1.78. The molecule has 0 saturated carbocycles. The monoisotopic (exact) mass is 522 g/mol. The first kappa shape index (κ1) is 26.7. The number of H-pyrrole nitrogens is 1. The Bertz CT molecular complexity index is 1280. The first-order chi connectivity index (χ1) is 16.8. The van der Waals surface area contributed by atoms with E-state index in [1.54, 1.807) is 0 Å². The van der Waals surface area contributed by atoms with Crippen molar-refractivity contribution in [1.29, 1.82) is 0 Å². The lowest BCUT2D eigenvalue weighted by atomic mass is 9.78. The van der Waals surface area contributed by atoms with Gasteiger partial charge in [0.05, 0.1) is 30.4 Å². The van der Waals surface area contributed by atoms with Crippen LogP contribution < -0.4 is 15.8 Å². The van der Waals surface area contributed by atoms with Gasteiger partial charge in [0.1, 0.15) is 17.8 Å². The van der Waals surface area contributed by atoms with Crippen LogP contribution in [0.2, 0.25) is 0 Å². The molecule has 4 rings (SSSR count). The van der Waals surface area contributed by atoms with E-state index >= 15 is 4.39 Å². The highest BCUT2D eigenvalue weighted by Crippen LogP contribution is 2.52. The molecule has 2 aromatic rings. The number of benzene rings is 1. The van der Waals surface area contributed by atoms with Crippen molar-refractivity contribution in [3.63, 3.8) is 0 Å². The van der Waals surface area contributed by atoms with E-state index in [0.29, 0.717) is 36.0 Å². The molecule has 1 aromatic carbocycles. The van der Waals surface area contributed by atoms with E-state index in [0.717, 1.165) is 5.56 Å². The van der Waals surface area contributed by atoms with Gasteiger partial charge in [-0.3, -0.25) is 28.2 Å². The fourth-order valence-corrected chi connectivity index (χ4v) is 5.33. The van der Waals surface area contributed by atoms with Crippen molar-refractivity contribution in [2.24, 2.45) is 0 Å². The maximum atomic E-state index is 15.4. The molecule has 196 valence electrons. The quantitative estimate of drug-likeness (QED) is 0.451. The molecule has 3 heterocycles. The van der Waals surface area contributed by atoms with Crippen molar-refractivity contribution in [1.82, 2.24) is 9.55 Å². The standard InChI is InChI=1S/C25H32FN2O7P/c1-24(2,3)17-9-18(25(4,5)6)21-16(20(17)26)13-33-36(35-21)32-12-15-7-8-19(34-15)28-10-14(11-29)22(30)27-23(28)31/h9-11,15,19H,7-8,12-13H2,1-6H3,(H,27,30,31). The van der Waals surface area contributed by atoms with Gasteiger partial charge >= 0.3 is 14.3 Å². The molecule has 3 unspecified atom stereocenters. The average molecular weight is 523 g/mol. The molecule has 0 aliphatic carbocycles. The van der Waals surface area contributed by atoms with Crippen LogP contribution in [-0.2, 0) is 31.2 Å².